The van der Waals surface area contributed by atoms with Gasteiger partial charge >= 0.3 is 17.9 Å². The van der Waals surface area contributed by atoms with Crippen molar-refractivity contribution in [2.75, 3.05) is 33.4 Å². The topological polar surface area (TPSA) is 138 Å². The van der Waals surface area contributed by atoms with Gasteiger partial charge in [0.05, 0.1) is 20.3 Å². The first-order valence-corrected chi connectivity index (χ1v) is 12.8. The van der Waals surface area contributed by atoms with Crippen LogP contribution in [0.3, 0.4) is 0 Å². The Morgan fingerprint density at radius 3 is 1.90 bits per heavy atom. The van der Waals surface area contributed by atoms with E-state index in [-0.39, 0.29) is 39.5 Å². The molecule has 11 heteroatoms. The van der Waals surface area contributed by atoms with Crippen molar-refractivity contribution in [3.63, 3.8) is 0 Å². The molecule has 2 amide bonds. The smallest absolute Gasteiger partial charge is 0.323 e. The van der Waals surface area contributed by atoms with Gasteiger partial charge < -0.3 is 29.2 Å². The Morgan fingerprint density at radius 2 is 1.39 bits per heavy atom. The average Bonchev–Trinajstić information content (AvgIpc) is 3.31. The first-order chi connectivity index (χ1) is 19.8. The SMILES string of the molecule is C=C1C=CC(=O)N1CC(C(=O)NCCOCC(C(=O)OC)C(=O)OCc1ccccc1)C(=O)OCc1ccccc1. The Bertz CT molecular complexity index is 1240. The van der Waals surface area contributed by atoms with Gasteiger partial charge in [0.25, 0.3) is 5.91 Å². The quantitative estimate of drug-likeness (QED) is 0.149. The van der Waals surface area contributed by atoms with Gasteiger partial charge in [-0.1, -0.05) is 67.2 Å². The Balaban J connectivity index is 1.51. The molecule has 2 atom stereocenters. The molecule has 0 radical (unpaired) electrons. The fourth-order valence-corrected chi connectivity index (χ4v) is 3.75. The minimum absolute atomic E-state index is 0.0214. The number of allylic oxidation sites excluding steroid dienone is 1. The second-order valence-corrected chi connectivity index (χ2v) is 8.95. The number of methoxy groups -OCH3 is 1. The number of carbonyl (C=O) groups is 5. The fourth-order valence-electron chi connectivity index (χ4n) is 3.75. The highest BCUT2D eigenvalue weighted by atomic mass is 16.6. The van der Waals surface area contributed by atoms with E-state index in [1.165, 1.54) is 17.1 Å². The molecule has 2 aromatic carbocycles. The van der Waals surface area contributed by atoms with Gasteiger partial charge in [-0.15, -0.1) is 0 Å². The summed E-state index contributed by atoms with van der Waals surface area (Å²) in [5.74, 6) is -6.19. The van der Waals surface area contributed by atoms with Crippen LogP contribution in [-0.2, 0) is 56.1 Å². The van der Waals surface area contributed by atoms with Crippen molar-refractivity contribution in [2.45, 2.75) is 13.2 Å². The Kier molecular flexibility index (Phi) is 11.8. The summed E-state index contributed by atoms with van der Waals surface area (Å²) in [4.78, 5) is 63.8. The summed E-state index contributed by atoms with van der Waals surface area (Å²) in [7, 11) is 1.15. The molecule has 1 aliphatic heterocycles. The molecule has 3 rings (SSSR count). The molecule has 216 valence electrons. The van der Waals surface area contributed by atoms with Gasteiger partial charge in [-0.2, -0.15) is 0 Å². The van der Waals surface area contributed by atoms with E-state index in [9.17, 15) is 24.0 Å². The van der Waals surface area contributed by atoms with Crippen LogP contribution in [0.1, 0.15) is 11.1 Å². The monoisotopic (exact) mass is 564 g/mol. The molecule has 41 heavy (non-hydrogen) atoms. The molecule has 0 aliphatic carbocycles. The summed E-state index contributed by atoms with van der Waals surface area (Å²) in [6, 6.07) is 17.9. The van der Waals surface area contributed by atoms with Crippen LogP contribution in [-0.4, -0.2) is 68.0 Å². The number of hydrogen-bond donors (Lipinski definition) is 1. The second kappa shape index (κ2) is 15.7. The number of hydrogen-bond acceptors (Lipinski definition) is 9. The van der Waals surface area contributed by atoms with E-state index in [0.29, 0.717) is 5.70 Å². The van der Waals surface area contributed by atoms with Crippen LogP contribution in [0.4, 0.5) is 0 Å². The predicted octanol–water partition coefficient (Wildman–Crippen LogP) is 1.92. The maximum absolute atomic E-state index is 13.0. The lowest BCUT2D eigenvalue weighted by molar-refractivity contribution is -0.164. The van der Waals surface area contributed by atoms with E-state index in [1.807, 2.05) is 12.1 Å². The molecule has 11 nitrogen and oxygen atoms in total. The fraction of sp³-hybridized carbons (Fsp3) is 0.300. The number of carbonyl (C=O) groups excluding carboxylic acids is 5. The van der Waals surface area contributed by atoms with Crippen LogP contribution in [0.25, 0.3) is 0 Å². The lowest BCUT2D eigenvalue weighted by Crippen LogP contribution is -2.44. The van der Waals surface area contributed by atoms with Gasteiger partial charge in [0, 0.05) is 24.9 Å². The molecule has 1 aliphatic rings. The number of nitrogens with zero attached hydrogens (tertiary/aromatic N) is 1. The largest absolute Gasteiger partial charge is 0.468 e. The second-order valence-electron chi connectivity index (χ2n) is 8.95. The van der Waals surface area contributed by atoms with Gasteiger partial charge in [-0.05, 0) is 17.2 Å². The zero-order valence-electron chi connectivity index (χ0n) is 22.7. The number of rotatable bonds is 15. The molecule has 2 aromatic rings. The van der Waals surface area contributed by atoms with Crippen molar-refractivity contribution in [3.05, 3.63) is 96.2 Å². The summed E-state index contributed by atoms with van der Waals surface area (Å²) in [6.07, 6.45) is 2.78. The van der Waals surface area contributed by atoms with Crippen molar-refractivity contribution in [3.8, 4) is 0 Å². The minimum Gasteiger partial charge on any atom is -0.468 e. The molecular formula is C30H32N2O9. The van der Waals surface area contributed by atoms with Gasteiger partial charge in [0.15, 0.2) is 11.8 Å². The third kappa shape index (κ3) is 9.43. The third-order valence-corrected chi connectivity index (χ3v) is 6.05. The Hall–Kier alpha value is -4.77. The summed E-state index contributed by atoms with van der Waals surface area (Å²) in [5, 5.41) is 2.57. The van der Waals surface area contributed by atoms with Crippen molar-refractivity contribution < 1.29 is 42.9 Å². The van der Waals surface area contributed by atoms with Crippen molar-refractivity contribution in [1.29, 1.82) is 0 Å². The Morgan fingerprint density at radius 1 is 0.829 bits per heavy atom. The number of ether oxygens (including phenoxy) is 4. The average molecular weight is 565 g/mol. The highest BCUT2D eigenvalue weighted by Gasteiger charge is 2.34. The number of amides is 2. The van der Waals surface area contributed by atoms with Crippen LogP contribution >= 0.6 is 0 Å². The van der Waals surface area contributed by atoms with E-state index in [1.54, 1.807) is 48.5 Å². The third-order valence-electron chi connectivity index (χ3n) is 6.05. The molecule has 0 aromatic heterocycles. The van der Waals surface area contributed by atoms with Crippen LogP contribution in [0, 0.1) is 11.8 Å². The Labute approximate surface area is 237 Å². The minimum atomic E-state index is -1.34. The number of nitrogens with one attached hydrogen (secondary N) is 1. The first-order valence-electron chi connectivity index (χ1n) is 12.8. The summed E-state index contributed by atoms with van der Waals surface area (Å²) in [6.45, 7) is 2.95. The van der Waals surface area contributed by atoms with Crippen molar-refractivity contribution in [2.24, 2.45) is 11.8 Å². The molecule has 0 spiro atoms. The highest BCUT2D eigenvalue weighted by Crippen LogP contribution is 2.17. The van der Waals surface area contributed by atoms with Gasteiger partial charge in [-0.3, -0.25) is 24.0 Å². The zero-order chi connectivity index (χ0) is 29.6. The van der Waals surface area contributed by atoms with Crippen molar-refractivity contribution in [1.82, 2.24) is 10.2 Å². The van der Waals surface area contributed by atoms with E-state index in [4.69, 9.17) is 14.2 Å². The number of esters is 3. The maximum atomic E-state index is 13.0. The molecule has 1 N–H and O–H groups in total. The molecule has 0 fully saturated rings. The first kappa shape index (κ1) is 30.8. The van der Waals surface area contributed by atoms with Crippen LogP contribution in [0.2, 0.25) is 0 Å². The standard InChI is InChI=1S/C30H32N2O9/c1-21-13-14-26(33)32(21)17-24(29(36)40-18-22-9-5-3-6-10-22)27(34)31-15-16-39-20-25(28(35)38-2)30(37)41-19-23-11-7-4-8-12-23/h3-14,24-25H,1,15-20H2,2H3,(H,31,34). The molecule has 0 saturated heterocycles. The van der Waals surface area contributed by atoms with E-state index < -0.39 is 41.6 Å². The molecule has 2 unspecified atom stereocenters. The highest BCUT2D eigenvalue weighted by molar-refractivity contribution is 6.00. The van der Waals surface area contributed by atoms with E-state index in [2.05, 4.69) is 16.6 Å². The van der Waals surface area contributed by atoms with Crippen LogP contribution < -0.4 is 5.32 Å². The van der Waals surface area contributed by atoms with Gasteiger partial charge in [-0.25, -0.2) is 0 Å². The van der Waals surface area contributed by atoms with Crippen LogP contribution in [0.5, 0.6) is 0 Å². The number of benzene rings is 2. The molecule has 1 heterocycles. The van der Waals surface area contributed by atoms with Crippen LogP contribution in [0.15, 0.2) is 85.1 Å². The normalized spacial score (nSPS) is 13.8. The molecular weight excluding hydrogens is 532 g/mol. The summed E-state index contributed by atoms with van der Waals surface area (Å²) >= 11 is 0. The van der Waals surface area contributed by atoms with E-state index >= 15 is 0 Å². The maximum Gasteiger partial charge on any atom is 0.323 e. The molecule has 0 saturated carbocycles. The summed E-state index contributed by atoms with van der Waals surface area (Å²) < 4.78 is 20.7. The van der Waals surface area contributed by atoms with Gasteiger partial charge in [0.1, 0.15) is 13.2 Å². The van der Waals surface area contributed by atoms with Crippen molar-refractivity contribution >= 4 is 29.7 Å². The zero-order valence-corrected chi connectivity index (χ0v) is 22.7. The predicted molar refractivity (Wildman–Crippen MR) is 145 cm³/mol. The lowest BCUT2D eigenvalue weighted by Gasteiger charge is -2.23. The summed E-state index contributed by atoms with van der Waals surface area (Å²) in [5.41, 5.74) is 1.83. The molecule has 0 bridgehead atoms. The van der Waals surface area contributed by atoms with E-state index in [0.717, 1.165) is 18.2 Å². The van der Waals surface area contributed by atoms with Gasteiger partial charge in [0.2, 0.25) is 5.91 Å². The lowest BCUT2D eigenvalue weighted by atomic mass is 10.1.